The van der Waals surface area contributed by atoms with Gasteiger partial charge in [-0.25, -0.2) is 0 Å². The molecule has 0 fully saturated rings. The van der Waals surface area contributed by atoms with Crippen molar-refractivity contribution < 1.29 is 14.6 Å². The van der Waals surface area contributed by atoms with Crippen LogP contribution in [-0.2, 0) is 0 Å². The van der Waals surface area contributed by atoms with E-state index in [1.165, 1.54) is 0 Å². The third-order valence-electron chi connectivity index (χ3n) is 3.07. The van der Waals surface area contributed by atoms with Crippen LogP contribution in [0.2, 0.25) is 0 Å². The summed E-state index contributed by atoms with van der Waals surface area (Å²) >= 11 is 0. The summed E-state index contributed by atoms with van der Waals surface area (Å²) in [4.78, 5) is 14.3. The number of carbonyl (C=O) groups is 1. The zero-order valence-corrected chi connectivity index (χ0v) is 11.9. The van der Waals surface area contributed by atoms with Crippen LogP contribution in [0.3, 0.4) is 0 Å². The maximum atomic E-state index is 12.2. The van der Waals surface area contributed by atoms with Gasteiger partial charge < -0.3 is 9.84 Å². The summed E-state index contributed by atoms with van der Waals surface area (Å²) in [5.74, 6) is 0.767. The lowest BCUT2D eigenvalue weighted by molar-refractivity contribution is 0.0896. The number of ether oxygens (including phenoxy) is 1. The number of hydrogen-bond donors (Lipinski definition) is 1. The molecule has 0 atom stereocenters. The molecule has 1 aromatic rings. The second-order valence-electron chi connectivity index (χ2n) is 4.80. The van der Waals surface area contributed by atoms with Gasteiger partial charge in [0, 0.05) is 24.8 Å². The third-order valence-corrected chi connectivity index (χ3v) is 3.07. The highest BCUT2D eigenvalue weighted by Crippen LogP contribution is 2.14. The van der Waals surface area contributed by atoms with Crippen LogP contribution in [0.5, 0.6) is 5.75 Å². The Morgan fingerprint density at radius 2 is 2.16 bits per heavy atom. The molecule has 1 aromatic carbocycles. The summed E-state index contributed by atoms with van der Waals surface area (Å²) in [5.41, 5.74) is 0.661. The number of aliphatic hydroxyl groups excluding tert-OH is 1. The number of methoxy groups -OCH3 is 1. The van der Waals surface area contributed by atoms with Gasteiger partial charge in [-0.1, -0.05) is 12.1 Å². The monoisotopic (exact) mass is 265 g/mol. The Morgan fingerprint density at radius 1 is 1.42 bits per heavy atom. The predicted octanol–water partition coefficient (Wildman–Crippen LogP) is 1.97. The lowest BCUT2D eigenvalue weighted by atomic mass is 10.1. The number of Topliss-reactive ketones (excluding diaryl/α,β-unsaturated/α-hetero) is 1. The minimum absolute atomic E-state index is 0.0746. The smallest absolute Gasteiger partial charge is 0.176 e. The van der Waals surface area contributed by atoms with Crippen LogP contribution in [0.15, 0.2) is 24.3 Å². The first-order chi connectivity index (χ1) is 9.08. The first-order valence-electron chi connectivity index (χ1n) is 6.60. The molecule has 0 spiro atoms. The van der Waals surface area contributed by atoms with E-state index >= 15 is 0 Å². The molecule has 0 radical (unpaired) electrons. The minimum Gasteiger partial charge on any atom is -0.497 e. The van der Waals surface area contributed by atoms with Crippen molar-refractivity contribution in [1.82, 2.24) is 4.90 Å². The zero-order valence-electron chi connectivity index (χ0n) is 11.9. The number of nitrogens with zero attached hydrogens (tertiary/aromatic N) is 1. The summed E-state index contributed by atoms with van der Waals surface area (Å²) in [6, 6.07) is 7.48. The molecule has 0 saturated carbocycles. The second kappa shape index (κ2) is 7.92. The van der Waals surface area contributed by atoms with E-state index in [-0.39, 0.29) is 18.4 Å². The van der Waals surface area contributed by atoms with Gasteiger partial charge in [-0.05, 0) is 32.4 Å². The maximum absolute atomic E-state index is 12.2. The number of rotatable bonds is 8. The molecule has 19 heavy (non-hydrogen) atoms. The molecule has 4 nitrogen and oxygen atoms in total. The van der Waals surface area contributed by atoms with Crippen molar-refractivity contribution in [3.63, 3.8) is 0 Å². The van der Waals surface area contributed by atoms with Gasteiger partial charge in [0.05, 0.1) is 13.7 Å². The van der Waals surface area contributed by atoms with E-state index in [4.69, 9.17) is 9.84 Å². The molecule has 4 heteroatoms. The van der Waals surface area contributed by atoms with Crippen molar-refractivity contribution in [2.24, 2.45) is 0 Å². The Kier molecular flexibility index (Phi) is 6.53. The van der Waals surface area contributed by atoms with Gasteiger partial charge in [-0.15, -0.1) is 0 Å². The van der Waals surface area contributed by atoms with Gasteiger partial charge >= 0.3 is 0 Å². The Bertz CT molecular complexity index is 404. The molecule has 0 aliphatic carbocycles. The highest BCUT2D eigenvalue weighted by molar-refractivity contribution is 5.97. The summed E-state index contributed by atoms with van der Waals surface area (Å²) < 4.78 is 5.12. The molecule has 0 amide bonds. The topological polar surface area (TPSA) is 49.8 Å². The maximum Gasteiger partial charge on any atom is 0.176 e. The molecular weight excluding hydrogens is 242 g/mol. The molecule has 1 N–H and O–H groups in total. The van der Waals surface area contributed by atoms with E-state index in [9.17, 15) is 4.79 Å². The van der Waals surface area contributed by atoms with E-state index in [1.54, 1.807) is 19.2 Å². The van der Waals surface area contributed by atoms with Crippen LogP contribution in [0.25, 0.3) is 0 Å². The standard InChI is InChI=1S/C15H23NO3/c1-12(2)16(8-5-9-17)11-15(18)13-6-4-7-14(10-13)19-3/h4,6-7,10,12,17H,5,8-9,11H2,1-3H3. The van der Waals surface area contributed by atoms with Gasteiger partial charge in [0.1, 0.15) is 5.75 Å². The molecule has 0 heterocycles. The Labute approximate surface area is 115 Å². The molecule has 0 saturated heterocycles. The second-order valence-corrected chi connectivity index (χ2v) is 4.80. The molecule has 0 bridgehead atoms. The molecule has 106 valence electrons. The van der Waals surface area contributed by atoms with Crippen molar-refractivity contribution in [1.29, 1.82) is 0 Å². The Morgan fingerprint density at radius 3 is 2.74 bits per heavy atom. The average Bonchev–Trinajstić information content (AvgIpc) is 2.42. The number of aliphatic hydroxyl groups is 1. The number of ketones is 1. The summed E-state index contributed by atoms with van der Waals surface area (Å²) in [6.07, 6.45) is 0.684. The fraction of sp³-hybridized carbons (Fsp3) is 0.533. The van der Waals surface area contributed by atoms with Crippen LogP contribution in [-0.4, -0.2) is 48.6 Å². The highest BCUT2D eigenvalue weighted by atomic mass is 16.5. The Balaban J connectivity index is 2.69. The van der Waals surface area contributed by atoms with Crippen molar-refractivity contribution in [3.8, 4) is 5.75 Å². The third kappa shape index (κ3) is 5.01. The first kappa shape index (κ1) is 15.7. The normalized spacial score (nSPS) is 11.1. The van der Waals surface area contributed by atoms with Gasteiger partial charge in [-0.3, -0.25) is 9.69 Å². The van der Waals surface area contributed by atoms with Crippen LogP contribution < -0.4 is 4.74 Å². The molecule has 0 aromatic heterocycles. The average molecular weight is 265 g/mol. The summed E-state index contributed by atoms with van der Waals surface area (Å²) in [5, 5.41) is 8.89. The number of benzene rings is 1. The van der Waals surface area contributed by atoms with Crippen molar-refractivity contribution >= 4 is 5.78 Å². The molecule has 0 aliphatic heterocycles. The van der Waals surface area contributed by atoms with Crippen molar-refractivity contribution in [2.75, 3.05) is 26.8 Å². The van der Waals surface area contributed by atoms with Gasteiger partial charge in [0.2, 0.25) is 0 Å². The molecule has 0 aliphatic rings. The van der Waals surface area contributed by atoms with Crippen LogP contribution in [0, 0.1) is 0 Å². The largest absolute Gasteiger partial charge is 0.497 e. The summed E-state index contributed by atoms with van der Waals surface area (Å²) in [6.45, 7) is 5.34. The quantitative estimate of drug-likeness (QED) is 0.730. The fourth-order valence-electron chi connectivity index (χ4n) is 1.87. The Hall–Kier alpha value is -1.39. The van der Waals surface area contributed by atoms with Crippen LogP contribution in [0.1, 0.15) is 30.6 Å². The lowest BCUT2D eigenvalue weighted by Crippen LogP contribution is -2.36. The van der Waals surface area contributed by atoms with E-state index in [1.807, 2.05) is 12.1 Å². The van der Waals surface area contributed by atoms with Crippen molar-refractivity contribution in [2.45, 2.75) is 26.3 Å². The van der Waals surface area contributed by atoms with Crippen LogP contribution >= 0.6 is 0 Å². The first-order valence-corrected chi connectivity index (χ1v) is 6.60. The van der Waals surface area contributed by atoms with Gasteiger partial charge in [0.15, 0.2) is 5.78 Å². The predicted molar refractivity (Wildman–Crippen MR) is 75.7 cm³/mol. The lowest BCUT2D eigenvalue weighted by Gasteiger charge is -2.25. The van der Waals surface area contributed by atoms with Gasteiger partial charge in [-0.2, -0.15) is 0 Å². The molecule has 1 rings (SSSR count). The number of carbonyl (C=O) groups excluding carboxylic acids is 1. The fourth-order valence-corrected chi connectivity index (χ4v) is 1.87. The van der Waals surface area contributed by atoms with E-state index < -0.39 is 0 Å². The zero-order chi connectivity index (χ0) is 14.3. The van der Waals surface area contributed by atoms with Crippen molar-refractivity contribution in [3.05, 3.63) is 29.8 Å². The number of hydrogen-bond acceptors (Lipinski definition) is 4. The molecule has 0 unspecified atom stereocenters. The van der Waals surface area contributed by atoms with Gasteiger partial charge in [0.25, 0.3) is 0 Å². The van der Waals surface area contributed by atoms with E-state index in [0.717, 1.165) is 6.54 Å². The highest BCUT2D eigenvalue weighted by Gasteiger charge is 2.15. The summed E-state index contributed by atoms with van der Waals surface area (Å²) in [7, 11) is 1.59. The van der Waals surface area contributed by atoms with E-state index in [2.05, 4.69) is 18.7 Å². The SMILES string of the molecule is COc1cccc(C(=O)CN(CCCO)C(C)C)c1. The van der Waals surface area contributed by atoms with E-state index in [0.29, 0.717) is 24.3 Å². The van der Waals surface area contributed by atoms with Crippen LogP contribution in [0.4, 0.5) is 0 Å². The molecular formula is C15H23NO3. The minimum atomic E-state index is 0.0746.